The molecule has 0 spiro atoms. The predicted molar refractivity (Wildman–Crippen MR) is 125 cm³/mol. The van der Waals surface area contributed by atoms with E-state index in [1.54, 1.807) is 12.1 Å². The monoisotopic (exact) mass is 486 g/mol. The Kier molecular flexibility index (Phi) is 5.48. The molecule has 3 aromatic carbocycles. The van der Waals surface area contributed by atoms with Crippen molar-refractivity contribution in [2.24, 2.45) is 0 Å². The number of fused-ring (bicyclic) bond motifs is 1. The van der Waals surface area contributed by atoms with Gasteiger partial charge in [0.2, 0.25) is 0 Å². The summed E-state index contributed by atoms with van der Waals surface area (Å²) in [5.74, 6) is 0.101. The Morgan fingerprint density at radius 3 is 2.30 bits per heavy atom. The van der Waals surface area contributed by atoms with Crippen molar-refractivity contribution in [2.45, 2.75) is 26.2 Å². The van der Waals surface area contributed by atoms with Crippen LogP contribution in [0, 0.1) is 12.7 Å². The van der Waals surface area contributed by atoms with Gasteiger partial charge in [-0.15, -0.1) is 0 Å². The van der Waals surface area contributed by atoms with Gasteiger partial charge in [-0.05, 0) is 77.3 Å². The molecule has 136 valence electrons. The van der Waals surface area contributed by atoms with Crippen molar-refractivity contribution in [2.75, 3.05) is 0 Å². The molecule has 3 heteroatoms. The Bertz CT molecular complexity index is 1000. The van der Waals surface area contributed by atoms with Gasteiger partial charge in [0, 0.05) is 5.92 Å². The summed E-state index contributed by atoms with van der Waals surface area (Å²) in [5.41, 5.74) is 9.08. The zero-order chi connectivity index (χ0) is 19.0. The lowest BCUT2D eigenvalue weighted by Crippen LogP contribution is -2.15. The third kappa shape index (κ3) is 3.75. The Morgan fingerprint density at radius 1 is 0.926 bits per heavy atom. The van der Waals surface area contributed by atoms with E-state index in [2.05, 4.69) is 78.4 Å². The van der Waals surface area contributed by atoms with Gasteiger partial charge in [0.25, 0.3) is 0 Å². The second-order valence-corrected chi connectivity index (χ2v) is 9.56. The van der Waals surface area contributed by atoms with Crippen LogP contribution in [0.2, 0.25) is 0 Å². The summed E-state index contributed by atoms with van der Waals surface area (Å²) < 4.78 is 13.5. The highest BCUT2D eigenvalue weighted by Crippen LogP contribution is 2.45. The molecule has 0 aromatic heterocycles. The lowest BCUT2D eigenvalue weighted by atomic mass is 9.73. The summed E-state index contributed by atoms with van der Waals surface area (Å²) in [6.07, 6.45) is 1.76. The fourth-order valence-electron chi connectivity index (χ4n) is 4.05. The van der Waals surface area contributed by atoms with E-state index >= 15 is 0 Å². The maximum atomic E-state index is 13.5. The Morgan fingerprint density at radius 2 is 1.63 bits per heavy atom. The summed E-state index contributed by atoms with van der Waals surface area (Å²) >= 11 is 2.45. The van der Waals surface area contributed by atoms with Crippen molar-refractivity contribution in [3.05, 3.63) is 100 Å². The summed E-state index contributed by atoms with van der Waals surface area (Å²) in [7, 11) is 0. The largest absolute Gasteiger partial charge is 0.207 e. The zero-order valence-electron chi connectivity index (χ0n) is 15.4. The minimum atomic E-state index is -0.187. The highest BCUT2D eigenvalue weighted by Gasteiger charge is 2.27. The molecule has 0 saturated carbocycles. The average molecular weight is 486 g/mol. The van der Waals surface area contributed by atoms with Crippen molar-refractivity contribution in [3.63, 3.8) is 0 Å². The van der Waals surface area contributed by atoms with E-state index in [-0.39, 0.29) is 11.7 Å². The predicted octanol–water partition coefficient (Wildman–Crippen LogP) is 7.06. The van der Waals surface area contributed by atoms with Gasteiger partial charge in [0.05, 0.1) is 0 Å². The van der Waals surface area contributed by atoms with Gasteiger partial charge in [-0.2, -0.15) is 0 Å². The lowest BCUT2D eigenvalue weighted by Gasteiger charge is -2.31. The Balaban J connectivity index is 1.91. The van der Waals surface area contributed by atoms with E-state index < -0.39 is 0 Å². The quantitative estimate of drug-likeness (QED) is 0.275. The molecule has 1 aliphatic carbocycles. The van der Waals surface area contributed by atoms with E-state index in [4.69, 9.17) is 0 Å². The first-order chi connectivity index (χ1) is 13.1. The van der Waals surface area contributed by atoms with Crippen LogP contribution in [0.4, 0.5) is 4.39 Å². The molecule has 0 aliphatic heterocycles. The van der Waals surface area contributed by atoms with Crippen LogP contribution >= 0.6 is 28.3 Å². The van der Waals surface area contributed by atoms with E-state index in [1.165, 1.54) is 38.7 Å². The maximum absolute atomic E-state index is 13.5. The van der Waals surface area contributed by atoms with Crippen LogP contribution in [0.3, 0.4) is 0 Å². The first-order valence-electron chi connectivity index (χ1n) is 9.10. The third-order valence-electron chi connectivity index (χ3n) is 5.43. The number of rotatable bonds is 3. The number of allylic oxidation sites excluding steroid dienone is 2. The SMILES string of the molecule is CC1=C(c2ccc(F)cc2)C(c2ccc(C)cc2)Cc2cc(PI)ccc21. The Hall–Kier alpha value is -1.51. The highest BCUT2D eigenvalue weighted by molar-refractivity contribution is 14.2. The van der Waals surface area contributed by atoms with Crippen LogP contribution in [0.25, 0.3) is 11.1 Å². The molecule has 0 amide bonds. The fourth-order valence-corrected chi connectivity index (χ4v) is 5.43. The second-order valence-electron chi connectivity index (χ2n) is 7.18. The Labute approximate surface area is 175 Å². The summed E-state index contributed by atoms with van der Waals surface area (Å²) in [4.78, 5) is 0. The summed E-state index contributed by atoms with van der Waals surface area (Å²) in [5, 5.41) is 1.40. The standard InChI is InChI=1S/C24H21FIP/c1-15-3-5-17(6-4-15)23-14-19-13-21(27-26)11-12-22(19)16(2)24(23)18-7-9-20(25)10-8-18/h3-13,23,27H,14H2,1-2H3. The van der Waals surface area contributed by atoms with Crippen molar-refractivity contribution < 1.29 is 4.39 Å². The third-order valence-corrected chi connectivity index (χ3v) is 7.83. The van der Waals surface area contributed by atoms with Gasteiger partial charge in [-0.3, -0.25) is 0 Å². The summed E-state index contributed by atoms with van der Waals surface area (Å²) in [6, 6.07) is 22.7. The molecule has 0 N–H and O–H groups in total. The average Bonchev–Trinajstić information content (AvgIpc) is 2.69. The van der Waals surface area contributed by atoms with Crippen LogP contribution in [-0.2, 0) is 6.42 Å². The molecule has 0 nitrogen and oxygen atoms in total. The number of hydrogen-bond acceptors (Lipinski definition) is 0. The van der Waals surface area contributed by atoms with E-state index in [9.17, 15) is 4.39 Å². The fraction of sp³-hybridized carbons (Fsp3) is 0.167. The zero-order valence-corrected chi connectivity index (χ0v) is 18.5. The molecule has 0 heterocycles. The number of aryl methyl sites for hydroxylation is 1. The van der Waals surface area contributed by atoms with Crippen LogP contribution in [0.5, 0.6) is 0 Å². The topological polar surface area (TPSA) is 0 Å². The number of hydrogen-bond donors (Lipinski definition) is 0. The molecule has 3 aromatic rings. The van der Waals surface area contributed by atoms with Gasteiger partial charge >= 0.3 is 0 Å². The van der Waals surface area contributed by atoms with Crippen LogP contribution in [-0.4, -0.2) is 0 Å². The molecule has 0 radical (unpaired) electrons. The maximum Gasteiger partial charge on any atom is 0.123 e. The van der Waals surface area contributed by atoms with Gasteiger partial charge in [-0.1, -0.05) is 82.2 Å². The van der Waals surface area contributed by atoms with Crippen LogP contribution in [0.1, 0.15) is 40.7 Å². The van der Waals surface area contributed by atoms with Crippen molar-refractivity contribution in [1.29, 1.82) is 0 Å². The first-order valence-corrected chi connectivity index (χ1v) is 13.2. The summed E-state index contributed by atoms with van der Waals surface area (Å²) in [6.45, 7) is 4.33. The molecule has 0 bridgehead atoms. The van der Waals surface area contributed by atoms with Crippen molar-refractivity contribution in [1.82, 2.24) is 0 Å². The normalized spacial score (nSPS) is 16.8. The van der Waals surface area contributed by atoms with Crippen LogP contribution < -0.4 is 5.30 Å². The van der Waals surface area contributed by atoms with E-state index in [0.29, 0.717) is 0 Å². The van der Waals surface area contributed by atoms with E-state index in [1.807, 2.05) is 12.1 Å². The molecule has 1 aliphatic rings. The molecular formula is C24H21FIP. The van der Waals surface area contributed by atoms with E-state index in [0.717, 1.165) is 18.2 Å². The second kappa shape index (κ2) is 7.85. The first kappa shape index (κ1) is 18.8. The van der Waals surface area contributed by atoms with Gasteiger partial charge in [-0.25, -0.2) is 4.39 Å². The smallest absolute Gasteiger partial charge is 0.123 e. The molecule has 2 atom stereocenters. The highest BCUT2D eigenvalue weighted by atomic mass is 127. The minimum Gasteiger partial charge on any atom is -0.207 e. The molecule has 4 rings (SSSR count). The van der Waals surface area contributed by atoms with Crippen molar-refractivity contribution >= 4 is 44.7 Å². The molecule has 27 heavy (non-hydrogen) atoms. The van der Waals surface area contributed by atoms with Gasteiger partial charge < -0.3 is 0 Å². The van der Waals surface area contributed by atoms with Gasteiger partial charge in [0.1, 0.15) is 5.82 Å². The molecule has 0 saturated heterocycles. The molecular weight excluding hydrogens is 465 g/mol. The number of halogens is 2. The van der Waals surface area contributed by atoms with Crippen molar-refractivity contribution in [3.8, 4) is 0 Å². The lowest BCUT2D eigenvalue weighted by molar-refractivity contribution is 0.627. The molecule has 2 unspecified atom stereocenters. The number of benzene rings is 3. The molecule has 0 fully saturated rings. The van der Waals surface area contributed by atoms with Crippen LogP contribution in [0.15, 0.2) is 66.7 Å². The van der Waals surface area contributed by atoms with Gasteiger partial charge in [0.15, 0.2) is 0 Å². The minimum absolute atomic E-state index is 0.187.